The highest BCUT2D eigenvalue weighted by molar-refractivity contribution is 9.10. The first-order valence-electron chi connectivity index (χ1n) is 5.48. The summed E-state index contributed by atoms with van der Waals surface area (Å²) in [6, 6.07) is 3.60. The van der Waals surface area contributed by atoms with Gasteiger partial charge >= 0.3 is 5.97 Å². The lowest BCUT2D eigenvalue weighted by molar-refractivity contribution is 0.00719. The number of hydrogen-bond acceptors (Lipinski definition) is 2. The van der Waals surface area contributed by atoms with E-state index in [-0.39, 0.29) is 5.97 Å². The molecule has 0 unspecified atom stereocenters. The van der Waals surface area contributed by atoms with E-state index in [9.17, 15) is 4.79 Å². The molecular weight excluding hydrogens is 318 g/mol. The Morgan fingerprint density at radius 3 is 2.67 bits per heavy atom. The number of hydrogen-bond donors (Lipinski definition) is 1. The first-order valence-corrected chi connectivity index (χ1v) is 6.65. The Labute approximate surface area is 119 Å². The topological polar surface area (TPSA) is 42.1 Å². The van der Waals surface area contributed by atoms with E-state index in [0.29, 0.717) is 15.1 Å². The number of aromatic nitrogens is 1. The minimum atomic E-state index is -0.522. The van der Waals surface area contributed by atoms with Gasteiger partial charge in [0.05, 0.1) is 10.6 Å². The summed E-state index contributed by atoms with van der Waals surface area (Å²) < 4.78 is 6.06. The summed E-state index contributed by atoms with van der Waals surface area (Å²) in [5.74, 6) is -0.364. The number of benzene rings is 1. The molecule has 0 aliphatic heterocycles. The number of carbonyl (C=O) groups excluding carboxylic acids is 1. The largest absolute Gasteiger partial charge is 0.456 e. The highest BCUT2D eigenvalue weighted by atomic mass is 79.9. The van der Waals surface area contributed by atoms with Gasteiger partial charge in [-0.1, -0.05) is 11.6 Å². The second kappa shape index (κ2) is 4.59. The highest BCUT2D eigenvalue weighted by Gasteiger charge is 2.22. The number of halogens is 2. The van der Waals surface area contributed by atoms with Gasteiger partial charge in [0.1, 0.15) is 5.60 Å². The Balaban J connectivity index is 2.52. The fourth-order valence-corrected chi connectivity index (χ4v) is 2.37. The van der Waals surface area contributed by atoms with Gasteiger partial charge in [0.25, 0.3) is 0 Å². The molecule has 1 aromatic carbocycles. The highest BCUT2D eigenvalue weighted by Crippen LogP contribution is 2.33. The summed E-state index contributed by atoms with van der Waals surface area (Å²) in [6.45, 7) is 5.51. The molecule has 18 heavy (non-hydrogen) atoms. The van der Waals surface area contributed by atoms with Crippen molar-refractivity contribution in [3.63, 3.8) is 0 Å². The Kier molecular flexibility index (Phi) is 3.43. The van der Waals surface area contributed by atoms with E-state index in [2.05, 4.69) is 20.9 Å². The van der Waals surface area contributed by atoms with E-state index < -0.39 is 5.60 Å². The lowest BCUT2D eigenvalue weighted by atomic mass is 10.1. The molecule has 0 atom stereocenters. The minimum absolute atomic E-state index is 0.364. The van der Waals surface area contributed by atoms with Crippen molar-refractivity contribution in [1.82, 2.24) is 4.98 Å². The zero-order valence-corrected chi connectivity index (χ0v) is 12.6. The van der Waals surface area contributed by atoms with Crippen LogP contribution in [0.3, 0.4) is 0 Å². The molecule has 0 amide bonds. The van der Waals surface area contributed by atoms with Gasteiger partial charge in [-0.25, -0.2) is 4.79 Å². The van der Waals surface area contributed by atoms with Crippen molar-refractivity contribution >= 4 is 44.4 Å². The van der Waals surface area contributed by atoms with Gasteiger partial charge in [0.2, 0.25) is 0 Å². The molecule has 0 aliphatic carbocycles. The molecule has 0 radical (unpaired) electrons. The van der Waals surface area contributed by atoms with Crippen LogP contribution >= 0.6 is 27.5 Å². The summed E-state index contributed by atoms with van der Waals surface area (Å²) in [5, 5.41) is 1.31. The molecule has 5 heteroatoms. The molecular formula is C13H13BrClNO2. The molecule has 0 spiro atoms. The van der Waals surface area contributed by atoms with Gasteiger partial charge in [-0.3, -0.25) is 0 Å². The summed E-state index contributed by atoms with van der Waals surface area (Å²) >= 11 is 9.44. The first-order chi connectivity index (χ1) is 8.29. The number of fused-ring (bicyclic) bond motifs is 1. The average molecular weight is 331 g/mol. The number of rotatable bonds is 1. The van der Waals surface area contributed by atoms with Crippen molar-refractivity contribution in [2.75, 3.05) is 0 Å². The van der Waals surface area contributed by atoms with Gasteiger partial charge in [0.15, 0.2) is 0 Å². The van der Waals surface area contributed by atoms with E-state index in [0.717, 1.165) is 10.9 Å². The van der Waals surface area contributed by atoms with Crippen LogP contribution in [0.4, 0.5) is 0 Å². The number of nitrogens with one attached hydrogen (secondary N) is 1. The van der Waals surface area contributed by atoms with Crippen LogP contribution in [0.1, 0.15) is 31.1 Å². The fourth-order valence-electron chi connectivity index (χ4n) is 1.65. The van der Waals surface area contributed by atoms with Gasteiger partial charge in [-0.2, -0.15) is 0 Å². The van der Waals surface area contributed by atoms with E-state index in [1.165, 1.54) is 0 Å². The Morgan fingerprint density at radius 2 is 2.06 bits per heavy atom. The van der Waals surface area contributed by atoms with Gasteiger partial charge in [0, 0.05) is 21.6 Å². The molecule has 0 bridgehead atoms. The molecule has 0 fully saturated rings. The third-order valence-electron chi connectivity index (χ3n) is 2.35. The van der Waals surface area contributed by atoms with Crippen LogP contribution in [-0.2, 0) is 4.74 Å². The molecule has 0 saturated carbocycles. The predicted molar refractivity (Wildman–Crippen MR) is 76.2 cm³/mol. The zero-order valence-electron chi connectivity index (χ0n) is 10.3. The summed E-state index contributed by atoms with van der Waals surface area (Å²) in [6.07, 6.45) is 1.64. The summed E-state index contributed by atoms with van der Waals surface area (Å²) in [7, 11) is 0. The van der Waals surface area contributed by atoms with Crippen molar-refractivity contribution in [3.8, 4) is 0 Å². The molecule has 1 heterocycles. The summed E-state index contributed by atoms with van der Waals surface area (Å²) in [4.78, 5) is 15.1. The number of esters is 1. The first kappa shape index (κ1) is 13.4. The predicted octanol–water partition coefficient (Wildman–Crippen LogP) is 4.54. The third kappa shape index (κ3) is 2.54. The molecule has 1 N–H and O–H groups in total. The SMILES string of the molecule is CC(C)(C)OC(=O)c1c[nH]c2ccc(Cl)c(Br)c12. The van der Waals surface area contributed by atoms with E-state index in [4.69, 9.17) is 16.3 Å². The number of aromatic amines is 1. The van der Waals surface area contributed by atoms with Crippen LogP contribution in [0, 0.1) is 0 Å². The van der Waals surface area contributed by atoms with Crippen LogP contribution in [0.15, 0.2) is 22.8 Å². The molecule has 3 nitrogen and oxygen atoms in total. The molecule has 2 aromatic rings. The second-order valence-corrected chi connectivity index (χ2v) is 6.19. The summed E-state index contributed by atoms with van der Waals surface area (Å²) in [5.41, 5.74) is 0.799. The van der Waals surface area contributed by atoms with Crippen molar-refractivity contribution in [2.24, 2.45) is 0 Å². The molecule has 0 saturated heterocycles. The van der Waals surface area contributed by atoms with Crippen molar-refractivity contribution in [2.45, 2.75) is 26.4 Å². The van der Waals surface area contributed by atoms with Crippen LogP contribution in [0.2, 0.25) is 5.02 Å². The number of ether oxygens (including phenoxy) is 1. The van der Waals surface area contributed by atoms with Crippen LogP contribution < -0.4 is 0 Å². The smallest absolute Gasteiger partial charge is 0.340 e. The standard InChI is InChI=1S/C13H13BrClNO2/c1-13(2,3)18-12(17)7-6-16-9-5-4-8(15)11(14)10(7)9/h4-6,16H,1-3H3. The van der Waals surface area contributed by atoms with E-state index in [1.54, 1.807) is 12.3 Å². The lowest BCUT2D eigenvalue weighted by Gasteiger charge is -2.19. The molecule has 1 aromatic heterocycles. The maximum Gasteiger partial charge on any atom is 0.340 e. The van der Waals surface area contributed by atoms with Gasteiger partial charge < -0.3 is 9.72 Å². The van der Waals surface area contributed by atoms with Crippen molar-refractivity contribution in [1.29, 1.82) is 0 Å². The van der Waals surface area contributed by atoms with Crippen LogP contribution in [0.25, 0.3) is 10.9 Å². The number of H-pyrrole nitrogens is 1. The minimum Gasteiger partial charge on any atom is -0.456 e. The van der Waals surface area contributed by atoms with Crippen LogP contribution in [-0.4, -0.2) is 16.6 Å². The monoisotopic (exact) mass is 329 g/mol. The second-order valence-electron chi connectivity index (χ2n) is 4.99. The average Bonchev–Trinajstić information content (AvgIpc) is 2.65. The normalized spacial score (nSPS) is 11.8. The van der Waals surface area contributed by atoms with Crippen molar-refractivity contribution in [3.05, 3.63) is 33.4 Å². The van der Waals surface area contributed by atoms with E-state index >= 15 is 0 Å². The quantitative estimate of drug-likeness (QED) is 0.780. The Bertz CT molecular complexity index is 613. The Hall–Kier alpha value is -1.000. The maximum atomic E-state index is 12.1. The van der Waals surface area contributed by atoms with Gasteiger partial charge in [-0.15, -0.1) is 0 Å². The maximum absolute atomic E-state index is 12.1. The lowest BCUT2D eigenvalue weighted by Crippen LogP contribution is -2.23. The van der Waals surface area contributed by atoms with Gasteiger partial charge in [-0.05, 0) is 48.8 Å². The third-order valence-corrected chi connectivity index (χ3v) is 3.72. The van der Waals surface area contributed by atoms with E-state index in [1.807, 2.05) is 26.8 Å². The number of carbonyl (C=O) groups is 1. The zero-order chi connectivity index (χ0) is 13.5. The fraction of sp³-hybridized carbons (Fsp3) is 0.308. The Morgan fingerprint density at radius 1 is 1.39 bits per heavy atom. The van der Waals surface area contributed by atoms with Crippen LogP contribution in [0.5, 0.6) is 0 Å². The molecule has 2 rings (SSSR count). The van der Waals surface area contributed by atoms with Crippen molar-refractivity contribution < 1.29 is 9.53 Å². The molecule has 0 aliphatic rings. The molecule has 96 valence electrons.